The van der Waals surface area contributed by atoms with Gasteiger partial charge in [-0.2, -0.15) is 0 Å². The molecule has 1 aliphatic carbocycles. The predicted molar refractivity (Wildman–Crippen MR) is 96.3 cm³/mol. The first-order valence-electron chi connectivity index (χ1n) is 9.58. The Balaban J connectivity index is 2.35. The summed E-state index contributed by atoms with van der Waals surface area (Å²) in [6, 6.07) is 0. The van der Waals surface area contributed by atoms with Gasteiger partial charge in [-0.1, -0.05) is 58.3 Å². The van der Waals surface area contributed by atoms with Gasteiger partial charge in [-0.3, -0.25) is 9.59 Å². The highest BCUT2D eigenvalue weighted by molar-refractivity contribution is 6.08. The number of ether oxygens (including phenoxy) is 1. The first kappa shape index (κ1) is 21.4. The molecule has 0 saturated carbocycles. The zero-order valence-electron chi connectivity index (χ0n) is 15.6. The first-order chi connectivity index (χ1) is 12.0. The average molecular weight is 352 g/mol. The maximum Gasteiger partial charge on any atom is 0.337 e. The SMILES string of the molecule is CCCCCCCCCCCC(=O)[C@@H]1C(=O)CCC(C(=O)OC)=C1O. The van der Waals surface area contributed by atoms with Crippen molar-refractivity contribution in [2.24, 2.45) is 5.92 Å². The maximum absolute atomic E-state index is 12.3. The molecule has 1 aliphatic rings. The van der Waals surface area contributed by atoms with E-state index in [-0.39, 0.29) is 36.4 Å². The van der Waals surface area contributed by atoms with Crippen molar-refractivity contribution in [2.75, 3.05) is 7.11 Å². The summed E-state index contributed by atoms with van der Waals surface area (Å²) in [7, 11) is 1.22. The van der Waals surface area contributed by atoms with Crippen LogP contribution in [0.25, 0.3) is 0 Å². The number of esters is 1. The number of hydrogen-bond acceptors (Lipinski definition) is 5. The van der Waals surface area contributed by atoms with Gasteiger partial charge in [-0.05, 0) is 12.8 Å². The summed E-state index contributed by atoms with van der Waals surface area (Å²) in [6.07, 6.45) is 10.8. The predicted octanol–water partition coefficient (Wildman–Crippen LogP) is 4.44. The number of aliphatic hydroxyl groups excluding tert-OH is 1. The van der Waals surface area contributed by atoms with E-state index < -0.39 is 17.6 Å². The van der Waals surface area contributed by atoms with Crippen LogP contribution >= 0.6 is 0 Å². The minimum atomic E-state index is -1.17. The van der Waals surface area contributed by atoms with Crippen molar-refractivity contribution in [3.05, 3.63) is 11.3 Å². The van der Waals surface area contributed by atoms with Gasteiger partial charge in [0.25, 0.3) is 0 Å². The summed E-state index contributed by atoms with van der Waals surface area (Å²) in [5.74, 6) is -2.82. The Morgan fingerprint density at radius 1 is 1.00 bits per heavy atom. The van der Waals surface area contributed by atoms with Crippen LogP contribution in [0.1, 0.15) is 84.0 Å². The van der Waals surface area contributed by atoms with Crippen LogP contribution in [0.4, 0.5) is 0 Å². The molecule has 0 saturated heterocycles. The van der Waals surface area contributed by atoms with E-state index in [9.17, 15) is 19.5 Å². The molecule has 0 aromatic rings. The normalized spacial score (nSPS) is 17.7. The molecule has 5 nitrogen and oxygen atoms in total. The zero-order chi connectivity index (χ0) is 18.7. The fraction of sp³-hybridized carbons (Fsp3) is 0.750. The van der Waals surface area contributed by atoms with E-state index in [2.05, 4.69) is 11.7 Å². The topological polar surface area (TPSA) is 80.7 Å². The van der Waals surface area contributed by atoms with Crippen molar-refractivity contribution in [1.29, 1.82) is 0 Å². The number of carbonyl (C=O) groups is 3. The van der Waals surface area contributed by atoms with Gasteiger partial charge in [-0.15, -0.1) is 0 Å². The lowest BCUT2D eigenvalue weighted by atomic mass is 9.83. The highest BCUT2D eigenvalue weighted by atomic mass is 16.5. The third-order valence-electron chi connectivity index (χ3n) is 4.81. The van der Waals surface area contributed by atoms with Gasteiger partial charge >= 0.3 is 5.97 Å². The largest absolute Gasteiger partial charge is 0.511 e. The summed E-state index contributed by atoms with van der Waals surface area (Å²) < 4.78 is 4.60. The van der Waals surface area contributed by atoms with Crippen LogP contribution in [0, 0.1) is 5.92 Å². The molecular weight excluding hydrogens is 320 g/mol. The monoisotopic (exact) mass is 352 g/mol. The van der Waals surface area contributed by atoms with Crippen molar-refractivity contribution in [1.82, 2.24) is 0 Å². The molecule has 0 amide bonds. The molecule has 25 heavy (non-hydrogen) atoms. The van der Waals surface area contributed by atoms with Gasteiger partial charge in [0, 0.05) is 12.8 Å². The van der Waals surface area contributed by atoms with E-state index in [1.54, 1.807) is 0 Å². The Morgan fingerprint density at radius 2 is 1.56 bits per heavy atom. The Labute approximate surface area is 150 Å². The average Bonchev–Trinajstić information content (AvgIpc) is 2.59. The molecule has 142 valence electrons. The molecule has 5 heteroatoms. The van der Waals surface area contributed by atoms with E-state index in [1.165, 1.54) is 45.6 Å². The second-order valence-corrected chi connectivity index (χ2v) is 6.80. The Morgan fingerprint density at radius 3 is 2.12 bits per heavy atom. The van der Waals surface area contributed by atoms with Gasteiger partial charge in [0.15, 0.2) is 11.6 Å². The first-order valence-corrected chi connectivity index (χ1v) is 9.58. The van der Waals surface area contributed by atoms with Gasteiger partial charge in [-0.25, -0.2) is 4.79 Å². The minimum absolute atomic E-state index is 0.0625. The van der Waals surface area contributed by atoms with Crippen LogP contribution in [0.3, 0.4) is 0 Å². The van der Waals surface area contributed by atoms with Crippen molar-refractivity contribution >= 4 is 17.5 Å². The van der Waals surface area contributed by atoms with Gasteiger partial charge in [0.05, 0.1) is 12.7 Å². The molecule has 1 atom stereocenters. The fourth-order valence-electron chi connectivity index (χ4n) is 3.26. The van der Waals surface area contributed by atoms with E-state index in [0.717, 1.165) is 19.3 Å². The second kappa shape index (κ2) is 11.8. The van der Waals surface area contributed by atoms with E-state index >= 15 is 0 Å². The van der Waals surface area contributed by atoms with Gasteiger partial charge < -0.3 is 9.84 Å². The van der Waals surface area contributed by atoms with Gasteiger partial charge in [0.1, 0.15) is 11.7 Å². The molecule has 0 spiro atoms. The number of rotatable bonds is 12. The van der Waals surface area contributed by atoms with E-state index in [4.69, 9.17) is 0 Å². The molecular formula is C20H32O5. The molecule has 0 heterocycles. The number of ketones is 2. The lowest BCUT2D eigenvalue weighted by Crippen LogP contribution is -2.32. The summed E-state index contributed by atoms with van der Waals surface area (Å²) in [5, 5.41) is 10.2. The summed E-state index contributed by atoms with van der Waals surface area (Å²) in [5.41, 5.74) is 0.0625. The van der Waals surface area contributed by atoms with Crippen LogP contribution < -0.4 is 0 Å². The van der Waals surface area contributed by atoms with Crippen LogP contribution in [-0.4, -0.2) is 29.8 Å². The van der Waals surface area contributed by atoms with Gasteiger partial charge in [0.2, 0.25) is 0 Å². The third-order valence-corrected chi connectivity index (χ3v) is 4.81. The number of carbonyl (C=O) groups excluding carboxylic acids is 3. The molecule has 0 aromatic heterocycles. The van der Waals surface area contributed by atoms with E-state index in [0.29, 0.717) is 0 Å². The van der Waals surface area contributed by atoms with Crippen LogP contribution in [-0.2, 0) is 19.1 Å². The smallest absolute Gasteiger partial charge is 0.337 e. The van der Waals surface area contributed by atoms with Crippen molar-refractivity contribution in [2.45, 2.75) is 84.0 Å². The molecule has 0 aliphatic heterocycles. The molecule has 1 rings (SSSR count). The van der Waals surface area contributed by atoms with E-state index in [1.807, 2.05) is 0 Å². The molecule has 0 fully saturated rings. The summed E-state index contributed by atoms with van der Waals surface area (Å²) >= 11 is 0. The molecule has 0 unspecified atom stereocenters. The Kier molecular flexibility index (Phi) is 10.1. The number of methoxy groups -OCH3 is 1. The highest BCUT2D eigenvalue weighted by Gasteiger charge is 2.37. The zero-order valence-corrected chi connectivity index (χ0v) is 15.6. The minimum Gasteiger partial charge on any atom is -0.511 e. The fourth-order valence-corrected chi connectivity index (χ4v) is 3.26. The third kappa shape index (κ3) is 7.00. The lowest BCUT2D eigenvalue weighted by Gasteiger charge is -2.21. The lowest BCUT2D eigenvalue weighted by molar-refractivity contribution is -0.137. The van der Waals surface area contributed by atoms with Crippen LogP contribution in [0.15, 0.2) is 11.3 Å². The molecule has 0 bridgehead atoms. The van der Waals surface area contributed by atoms with Crippen molar-refractivity contribution in [3.8, 4) is 0 Å². The number of allylic oxidation sites excluding steroid dienone is 1. The second-order valence-electron chi connectivity index (χ2n) is 6.80. The van der Waals surface area contributed by atoms with Crippen LogP contribution in [0.2, 0.25) is 0 Å². The molecule has 0 radical (unpaired) electrons. The molecule has 1 N–H and O–H groups in total. The van der Waals surface area contributed by atoms with Crippen molar-refractivity contribution in [3.63, 3.8) is 0 Å². The summed E-state index contributed by atoms with van der Waals surface area (Å²) in [4.78, 5) is 35.9. The van der Waals surface area contributed by atoms with Crippen molar-refractivity contribution < 1.29 is 24.2 Å². The number of hydrogen-bond donors (Lipinski definition) is 1. The number of aliphatic hydroxyl groups is 1. The number of Topliss-reactive ketones (excluding diaryl/α,β-unsaturated/α-hetero) is 2. The quantitative estimate of drug-likeness (QED) is 0.319. The Bertz CT molecular complexity index is 492. The Hall–Kier alpha value is -1.65. The standard InChI is InChI=1S/C20H32O5/c1-3-4-5-6-7-8-9-10-11-12-16(21)18-17(22)14-13-15(19(18)23)20(24)25-2/h18,23H,3-14H2,1-2H3/t18-/m1/s1. The maximum atomic E-state index is 12.3. The van der Waals surface area contributed by atoms with Crippen LogP contribution in [0.5, 0.6) is 0 Å². The summed E-state index contributed by atoms with van der Waals surface area (Å²) in [6.45, 7) is 2.20. The molecule has 0 aromatic carbocycles. The highest BCUT2D eigenvalue weighted by Crippen LogP contribution is 2.28. The number of unbranched alkanes of at least 4 members (excludes halogenated alkanes) is 8.